The van der Waals surface area contributed by atoms with Gasteiger partial charge in [-0.2, -0.15) is 0 Å². The monoisotopic (exact) mass is 876 g/mol. The minimum atomic E-state index is -0.268. The van der Waals surface area contributed by atoms with Gasteiger partial charge in [0.15, 0.2) is 0 Å². The van der Waals surface area contributed by atoms with E-state index in [9.17, 15) is 0 Å². The predicted molar refractivity (Wildman–Crippen MR) is 286 cm³/mol. The van der Waals surface area contributed by atoms with Crippen LogP contribution < -0.4 is 9.80 Å². The largest absolute Gasteiger partial charge is 0.310 e. The van der Waals surface area contributed by atoms with Crippen molar-refractivity contribution in [3.8, 4) is 44.5 Å². The predicted octanol–water partition coefficient (Wildman–Crippen LogP) is 17.9. The molecule has 0 unspecified atom stereocenters. The fourth-order valence-corrected chi connectivity index (χ4v) is 13.0. The zero-order chi connectivity index (χ0) is 46.5. The second-order valence-corrected chi connectivity index (χ2v) is 21.8. The van der Waals surface area contributed by atoms with Crippen LogP contribution in [0.3, 0.4) is 0 Å². The van der Waals surface area contributed by atoms with Gasteiger partial charge in [0.1, 0.15) is 0 Å². The van der Waals surface area contributed by atoms with E-state index in [4.69, 9.17) is 0 Å². The number of benzene rings is 9. The Morgan fingerprint density at radius 2 is 0.426 bits per heavy atom. The molecule has 2 heteroatoms. The standard InChI is InChI=1S/C66H56N2/c1-63(2)55-23-15-12-20-47(55)50-31-26-42(36-58(50)63)67(41-18-10-9-11-19-41)43-27-34-53-54-35-30-46(40-62(54)66(7,8)61(53)37-43)68(44-28-32-51-48-21-13-16-24-56(48)64(3,4)59(51)38-44)45-29-33-52-49-22-14-17-25-57(49)65(5,6)60(52)39-45/h9-40H,1-8H3. The molecule has 0 spiro atoms. The molecule has 0 atom stereocenters. The molecule has 0 fully saturated rings. The molecule has 0 N–H and O–H groups in total. The highest BCUT2D eigenvalue weighted by molar-refractivity contribution is 5.92. The third-order valence-corrected chi connectivity index (χ3v) is 16.6. The Bertz CT molecular complexity index is 3480. The van der Waals surface area contributed by atoms with Crippen LogP contribution in [0, 0.1) is 0 Å². The summed E-state index contributed by atoms with van der Waals surface area (Å²) in [5.74, 6) is 0. The summed E-state index contributed by atoms with van der Waals surface area (Å²) in [6, 6.07) is 73.6. The molecule has 4 aliphatic carbocycles. The Morgan fingerprint density at radius 3 is 0.721 bits per heavy atom. The Kier molecular flexibility index (Phi) is 8.44. The maximum absolute atomic E-state index is 2.52. The topological polar surface area (TPSA) is 6.48 Å². The number of fused-ring (bicyclic) bond motifs is 12. The van der Waals surface area contributed by atoms with E-state index in [1.807, 2.05) is 0 Å². The highest BCUT2D eigenvalue weighted by Crippen LogP contribution is 2.57. The molecule has 0 saturated heterocycles. The Hall–Kier alpha value is -7.42. The van der Waals surface area contributed by atoms with E-state index in [0.29, 0.717) is 0 Å². The zero-order valence-electron chi connectivity index (χ0n) is 40.4. The molecule has 0 heterocycles. The van der Waals surface area contributed by atoms with Gasteiger partial charge in [-0.1, -0.05) is 177 Å². The van der Waals surface area contributed by atoms with Crippen molar-refractivity contribution >= 4 is 34.1 Å². The molecule has 13 rings (SSSR count). The average molecular weight is 877 g/mol. The maximum atomic E-state index is 2.52. The van der Waals surface area contributed by atoms with Crippen LogP contribution in [0.2, 0.25) is 0 Å². The first-order valence-electron chi connectivity index (χ1n) is 24.4. The maximum Gasteiger partial charge on any atom is 0.0465 e. The summed E-state index contributed by atoms with van der Waals surface area (Å²) >= 11 is 0. The van der Waals surface area contributed by atoms with Crippen LogP contribution >= 0.6 is 0 Å². The van der Waals surface area contributed by atoms with Crippen LogP contribution in [0.25, 0.3) is 44.5 Å². The molecule has 0 amide bonds. The molecule has 330 valence electrons. The molecule has 0 bridgehead atoms. The first kappa shape index (κ1) is 40.8. The molecular weight excluding hydrogens is 821 g/mol. The van der Waals surface area contributed by atoms with Crippen molar-refractivity contribution < 1.29 is 0 Å². The third kappa shape index (κ3) is 5.58. The average Bonchev–Trinajstić information content (AvgIpc) is 3.92. The second kappa shape index (κ2) is 14.1. The highest BCUT2D eigenvalue weighted by atomic mass is 15.1. The molecular formula is C66H56N2. The normalized spacial score (nSPS) is 16.1. The molecule has 0 radical (unpaired) electrons. The van der Waals surface area contributed by atoms with E-state index in [2.05, 4.69) is 259 Å². The van der Waals surface area contributed by atoms with Crippen molar-refractivity contribution in [1.82, 2.24) is 0 Å². The van der Waals surface area contributed by atoms with Crippen molar-refractivity contribution in [3.63, 3.8) is 0 Å². The van der Waals surface area contributed by atoms with Crippen LogP contribution in [0.5, 0.6) is 0 Å². The summed E-state index contributed by atoms with van der Waals surface area (Å²) in [5, 5.41) is 0. The van der Waals surface area contributed by atoms with Gasteiger partial charge in [-0.3, -0.25) is 0 Å². The van der Waals surface area contributed by atoms with E-state index in [1.54, 1.807) is 0 Å². The highest BCUT2D eigenvalue weighted by Gasteiger charge is 2.41. The van der Waals surface area contributed by atoms with E-state index < -0.39 is 0 Å². The number of para-hydroxylation sites is 1. The van der Waals surface area contributed by atoms with E-state index >= 15 is 0 Å². The van der Waals surface area contributed by atoms with Gasteiger partial charge < -0.3 is 9.80 Å². The van der Waals surface area contributed by atoms with Crippen molar-refractivity contribution in [3.05, 3.63) is 239 Å². The number of rotatable bonds is 6. The molecule has 2 nitrogen and oxygen atoms in total. The molecule has 9 aromatic rings. The lowest BCUT2D eigenvalue weighted by atomic mass is 9.81. The van der Waals surface area contributed by atoms with Crippen LogP contribution in [0.1, 0.15) is 99.9 Å². The van der Waals surface area contributed by atoms with Crippen LogP contribution in [0.15, 0.2) is 194 Å². The van der Waals surface area contributed by atoms with Crippen LogP contribution in [-0.4, -0.2) is 0 Å². The first-order chi connectivity index (χ1) is 32.7. The van der Waals surface area contributed by atoms with Crippen molar-refractivity contribution in [2.75, 3.05) is 9.80 Å². The van der Waals surface area contributed by atoms with Gasteiger partial charge in [0, 0.05) is 55.8 Å². The smallest absolute Gasteiger partial charge is 0.0465 e. The molecule has 0 aromatic heterocycles. The summed E-state index contributed by atoms with van der Waals surface area (Å²) in [6.45, 7) is 19.1. The van der Waals surface area contributed by atoms with Gasteiger partial charge in [-0.25, -0.2) is 0 Å². The fraction of sp³-hybridized carbons (Fsp3) is 0.182. The van der Waals surface area contributed by atoms with Crippen molar-refractivity contribution in [2.45, 2.75) is 77.0 Å². The molecule has 9 aromatic carbocycles. The molecule has 0 saturated carbocycles. The number of hydrogen-bond acceptors (Lipinski definition) is 2. The van der Waals surface area contributed by atoms with E-state index in [-0.39, 0.29) is 21.7 Å². The quantitative estimate of drug-likeness (QED) is 0.164. The van der Waals surface area contributed by atoms with Crippen LogP contribution in [0.4, 0.5) is 34.1 Å². The minimum Gasteiger partial charge on any atom is -0.310 e. The number of hydrogen-bond donors (Lipinski definition) is 0. The molecule has 4 aliphatic rings. The summed E-state index contributed by atoms with van der Waals surface area (Å²) < 4.78 is 0. The van der Waals surface area contributed by atoms with Gasteiger partial charge in [0.05, 0.1) is 0 Å². The summed E-state index contributed by atoms with van der Waals surface area (Å²) in [4.78, 5) is 4.97. The summed E-state index contributed by atoms with van der Waals surface area (Å²) in [6.07, 6.45) is 0. The van der Waals surface area contributed by atoms with Gasteiger partial charge in [-0.15, -0.1) is 0 Å². The Balaban J connectivity index is 0.938. The van der Waals surface area contributed by atoms with Crippen LogP contribution in [-0.2, 0) is 21.7 Å². The zero-order valence-corrected chi connectivity index (χ0v) is 40.4. The first-order valence-corrected chi connectivity index (χ1v) is 24.4. The molecule has 0 aliphatic heterocycles. The lowest BCUT2D eigenvalue weighted by molar-refractivity contribution is 0.659. The summed E-state index contributed by atoms with van der Waals surface area (Å²) in [5.41, 5.74) is 28.0. The summed E-state index contributed by atoms with van der Waals surface area (Å²) in [7, 11) is 0. The Morgan fingerprint density at radius 1 is 0.206 bits per heavy atom. The lowest BCUT2D eigenvalue weighted by Crippen LogP contribution is -2.19. The number of nitrogens with zero attached hydrogens (tertiary/aromatic N) is 2. The van der Waals surface area contributed by atoms with Gasteiger partial charge >= 0.3 is 0 Å². The van der Waals surface area contributed by atoms with Crippen molar-refractivity contribution in [1.29, 1.82) is 0 Å². The van der Waals surface area contributed by atoms with E-state index in [1.165, 1.54) is 112 Å². The third-order valence-electron chi connectivity index (χ3n) is 16.6. The van der Waals surface area contributed by atoms with Gasteiger partial charge in [0.25, 0.3) is 0 Å². The van der Waals surface area contributed by atoms with E-state index in [0.717, 1.165) is 11.4 Å². The fourth-order valence-electron chi connectivity index (χ4n) is 13.0. The molecule has 68 heavy (non-hydrogen) atoms. The minimum absolute atomic E-state index is 0.0978. The van der Waals surface area contributed by atoms with Gasteiger partial charge in [-0.05, 0) is 162 Å². The van der Waals surface area contributed by atoms with Gasteiger partial charge in [0.2, 0.25) is 0 Å². The number of anilines is 6. The lowest BCUT2D eigenvalue weighted by Gasteiger charge is -2.31. The Labute approximate surface area is 402 Å². The van der Waals surface area contributed by atoms with Crippen molar-refractivity contribution in [2.24, 2.45) is 0 Å². The second-order valence-electron chi connectivity index (χ2n) is 21.8. The SMILES string of the molecule is CC1(C)c2ccccc2-c2ccc(N(c3ccccc3)c3ccc4c(c3)C(C)(C)c3cc(N(c5ccc6c(c5)C(C)(C)c5ccccc5-6)c5ccc6c(c5)C(C)(C)c5ccccc5-6)ccc3-4)cc21.